The van der Waals surface area contributed by atoms with Crippen LogP contribution < -0.4 is 5.32 Å². The van der Waals surface area contributed by atoms with Crippen molar-refractivity contribution in [3.05, 3.63) is 65.7 Å². The summed E-state index contributed by atoms with van der Waals surface area (Å²) in [6.45, 7) is 3.85. The van der Waals surface area contributed by atoms with E-state index < -0.39 is 0 Å². The Balaban J connectivity index is 1.67. The largest absolute Gasteiger partial charge is 0.324 e. The molecule has 3 rings (SSSR count). The Morgan fingerprint density at radius 1 is 1.14 bits per heavy atom. The van der Waals surface area contributed by atoms with E-state index in [1.54, 1.807) is 0 Å². The van der Waals surface area contributed by atoms with E-state index in [-0.39, 0.29) is 11.9 Å². The fraction of sp³-hybridized carbons (Fsp3) is 0.316. The topological polar surface area (TPSA) is 32.3 Å². The number of amides is 1. The summed E-state index contributed by atoms with van der Waals surface area (Å²) in [5.41, 5.74) is 3.28. The van der Waals surface area contributed by atoms with Crippen molar-refractivity contribution in [3.8, 4) is 0 Å². The van der Waals surface area contributed by atoms with Gasteiger partial charge in [0.05, 0.1) is 6.04 Å². The highest BCUT2D eigenvalue weighted by molar-refractivity contribution is 5.95. The summed E-state index contributed by atoms with van der Waals surface area (Å²) in [7, 11) is 0. The van der Waals surface area contributed by atoms with Gasteiger partial charge in [0.25, 0.3) is 0 Å². The Bertz CT molecular complexity index is 639. The first-order valence-corrected chi connectivity index (χ1v) is 7.88. The molecule has 3 heteroatoms. The average molecular weight is 294 g/mol. The van der Waals surface area contributed by atoms with Gasteiger partial charge in [-0.15, -0.1) is 0 Å². The second-order valence-corrected chi connectivity index (χ2v) is 5.92. The average Bonchev–Trinajstić information content (AvgIpc) is 2.99. The minimum atomic E-state index is -0.0280. The fourth-order valence-electron chi connectivity index (χ4n) is 3.06. The van der Waals surface area contributed by atoms with Crippen LogP contribution in [-0.4, -0.2) is 23.4 Å². The summed E-state index contributed by atoms with van der Waals surface area (Å²) in [5.74, 6) is 0.114. The third kappa shape index (κ3) is 3.37. The number of nitrogens with one attached hydrogen (secondary N) is 1. The maximum Gasteiger partial charge on any atom is 0.241 e. The molecule has 1 fully saturated rings. The molecule has 1 aliphatic rings. The number of carbonyl (C=O) groups is 1. The highest BCUT2D eigenvalue weighted by atomic mass is 16.2. The van der Waals surface area contributed by atoms with Gasteiger partial charge in [0.15, 0.2) is 0 Å². The molecule has 0 saturated carbocycles. The van der Waals surface area contributed by atoms with E-state index in [1.165, 1.54) is 5.56 Å². The van der Waals surface area contributed by atoms with Gasteiger partial charge in [0, 0.05) is 12.2 Å². The lowest BCUT2D eigenvalue weighted by Gasteiger charge is -2.24. The number of aryl methyl sites for hydroxylation is 1. The quantitative estimate of drug-likeness (QED) is 0.934. The highest BCUT2D eigenvalue weighted by Gasteiger charge is 2.30. The predicted octanol–water partition coefficient (Wildman–Crippen LogP) is 3.60. The smallest absolute Gasteiger partial charge is 0.241 e. The lowest BCUT2D eigenvalue weighted by atomic mass is 10.1. The molecule has 2 aromatic carbocycles. The Kier molecular flexibility index (Phi) is 4.54. The molecule has 0 bridgehead atoms. The lowest BCUT2D eigenvalue weighted by molar-refractivity contribution is -0.120. The number of para-hydroxylation sites is 1. The van der Waals surface area contributed by atoms with E-state index in [9.17, 15) is 4.79 Å². The zero-order valence-electron chi connectivity index (χ0n) is 13.0. The normalized spacial score (nSPS) is 18.3. The predicted molar refractivity (Wildman–Crippen MR) is 89.7 cm³/mol. The van der Waals surface area contributed by atoms with E-state index in [0.717, 1.165) is 37.2 Å². The zero-order chi connectivity index (χ0) is 15.4. The Hall–Kier alpha value is -2.13. The fourth-order valence-corrected chi connectivity index (χ4v) is 3.06. The molecule has 1 N–H and O–H groups in total. The van der Waals surface area contributed by atoms with Crippen LogP contribution in [0.4, 0.5) is 5.69 Å². The lowest BCUT2D eigenvalue weighted by Crippen LogP contribution is -2.39. The molecular formula is C19H22N2O. The molecule has 0 unspecified atom stereocenters. The Labute approximate surface area is 132 Å². The van der Waals surface area contributed by atoms with Crippen molar-refractivity contribution in [2.45, 2.75) is 32.4 Å². The number of hydrogen-bond donors (Lipinski definition) is 1. The summed E-state index contributed by atoms with van der Waals surface area (Å²) in [4.78, 5) is 14.9. The molecule has 3 nitrogen and oxygen atoms in total. The van der Waals surface area contributed by atoms with Crippen molar-refractivity contribution < 1.29 is 4.79 Å². The molecule has 2 aromatic rings. The van der Waals surface area contributed by atoms with Gasteiger partial charge in [0.1, 0.15) is 0 Å². The SMILES string of the molecule is Cc1ccccc1NC(=O)[C@@H]1CCCN1Cc1ccccc1. The molecule has 22 heavy (non-hydrogen) atoms. The van der Waals surface area contributed by atoms with E-state index in [0.29, 0.717) is 0 Å². The third-order valence-corrected chi connectivity index (χ3v) is 4.30. The van der Waals surface area contributed by atoms with Gasteiger partial charge in [-0.3, -0.25) is 9.69 Å². The van der Waals surface area contributed by atoms with Crippen molar-refractivity contribution in [2.24, 2.45) is 0 Å². The van der Waals surface area contributed by atoms with Crippen molar-refractivity contribution >= 4 is 11.6 Å². The highest BCUT2D eigenvalue weighted by Crippen LogP contribution is 2.22. The maximum absolute atomic E-state index is 12.6. The van der Waals surface area contributed by atoms with Crippen molar-refractivity contribution in [3.63, 3.8) is 0 Å². The number of benzene rings is 2. The molecule has 0 spiro atoms. The minimum absolute atomic E-state index is 0.0280. The second-order valence-electron chi connectivity index (χ2n) is 5.92. The number of anilines is 1. The van der Waals surface area contributed by atoms with Crippen LogP contribution in [0.1, 0.15) is 24.0 Å². The molecule has 1 atom stereocenters. The summed E-state index contributed by atoms with van der Waals surface area (Å²) < 4.78 is 0. The monoisotopic (exact) mass is 294 g/mol. The summed E-state index contributed by atoms with van der Waals surface area (Å²) >= 11 is 0. The van der Waals surface area contributed by atoms with Gasteiger partial charge in [0.2, 0.25) is 5.91 Å². The van der Waals surface area contributed by atoms with Crippen molar-refractivity contribution in [1.29, 1.82) is 0 Å². The number of likely N-dealkylation sites (tertiary alicyclic amines) is 1. The van der Waals surface area contributed by atoms with Crippen LogP contribution in [-0.2, 0) is 11.3 Å². The summed E-state index contributed by atoms with van der Waals surface area (Å²) in [6.07, 6.45) is 2.02. The zero-order valence-corrected chi connectivity index (χ0v) is 13.0. The van der Waals surface area contributed by atoms with Gasteiger partial charge in [-0.25, -0.2) is 0 Å². The maximum atomic E-state index is 12.6. The van der Waals surface area contributed by atoms with Gasteiger partial charge in [-0.05, 0) is 43.5 Å². The molecular weight excluding hydrogens is 272 g/mol. The van der Waals surface area contributed by atoms with Crippen LogP contribution in [0, 0.1) is 6.92 Å². The standard InChI is InChI=1S/C19H22N2O/c1-15-8-5-6-11-17(15)20-19(22)18-12-7-13-21(18)14-16-9-3-2-4-10-16/h2-6,8-11,18H,7,12-14H2,1H3,(H,20,22)/t18-/m0/s1. The third-order valence-electron chi connectivity index (χ3n) is 4.30. The number of hydrogen-bond acceptors (Lipinski definition) is 2. The Morgan fingerprint density at radius 3 is 2.64 bits per heavy atom. The van der Waals surface area contributed by atoms with Crippen molar-refractivity contribution in [2.75, 3.05) is 11.9 Å². The van der Waals surface area contributed by atoms with Crippen LogP contribution >= 0.6 is 0 Å². The molecule has 1 aliphatic heterocycles. The minimum Gasteiger partial charge on any atom is -0.324 e. The van der Waals surface area contributed by atoms with Gasteiger partial charge in [-0.2, -0.15) is 0 Å². The van der Waals surface area contributed by atoms with Gasteiger partial charge < -0.3 is 5.32 Å². The summed E-state index contributed by atoms with van der Waals surface area (Å²) in [6, 6.07) is 18.3. The van der Waals surface area contributed by atoms with Crippen LogP contribution in [0.15, 0.2) is 54.6 Å². The van der Waals surface area contributed by atoms with E-state index in [2.05, 4.69) is 22.3 Å². The van der Waals surface area contributed by atoms with E-state index in [4.69, 9.17) is 0 Å². The van der Waals surface area contributed by atoms with Crippen LogP contribution in [0.25, 0.3) is 0 Å². The number of carbonyl (C=O) groups excluding carboxylic acids is 1. The first-order valence-electron chi connectivity index (χ1n) is 7.88. The molecule has 1 heterocycles. The molecule has 1 saturated heterocycles. The van der Waals surface area contributed by atoms with Crippen LogP contribution in [0.5, 0.6) is 0 Å². The van der Waals surface area contributed by atoms with E-state index >= 15 is 0 Å². The van der Waals surface area contributed by atoms with Crippen LogP contribution in [0.3, 0.4) is 0 Å². The molecule has 1 amide bonds. The molecule has 0 aliphatic carbocycles. The van der Waals surface area contributed by atoms with Crippen LogP contribution in [0.2, 0.25) is 0 Å². The van der Waals surface area contributed by atoms with E-state index in [1.807, 2.05) is 49.4 Å². The van der Waals surface area contributed by atoms with Gasteiger partial charge >= 0.3 is 0 Å². The Morgan fingerprint density at radius 2 is 1.86 bits per heavy atom. The molecule has 0 radical (unpaired) electrons. The first kappa shape index (κ1) is 14.8. The second kappa shape index (κ2) is 6.75. The molecule has 0 aromatic heterocycles. The number of rotatable bonds is 4. The van der Waals surface area contributed by atoms with Gasteiger partial charge in [-0.1, -0.05) is 48.5 Å². The number of nitrogens with zero attached hydrogens (tertiary/aromatic N) is 1. The summed E-state index contributed by atoms with van der Waals surface area (Å²) in [5, 5.41) is 3.09. The van der Waals surface area contributed by atoms with Crippen molar-refractivity contribution in [1.82, 2.24) is 4.90 Å². The first-order chi connectivity index (χ1) is 10.7. The molecule has 114 valence electrons.